The molecule has 1 amide bonds. The number of benzene rings is 2. The number of amides is 1. The minimum atomic E-state index is -0.205. The fourth-order valence-electron chi connectivity index (χ4n) is 3.46. The number of unbranched alkanes of at least 4 members (excludes halogenated alkanes) is 1. The predicted molar refractivity (Wildman–Crippen MR) is 120 cm³/mol. The van der Waals surface area contributed by atoms with Crippen LogP contribution >= 0.6 is 0 Å². The number of carbonyl (C=O) groups is 1. The SMILES string of the molecule is CCCCn1nc(NC(=O)c2ccc(OCC)cc2)c2cc3ccc(C)cc3nc21. The standard InChI is InChI=1S/C24H26N4O2/c1-4-6-13-28-23-20(15-18-8-7-16(3)14-21(18)25-23)22(27-28)26-24(29)17-9-11-19(12-10-17)30-5-2/h7-12,14-15H,4-6,13H2,1-3H3,(H,26,27,29). The highest BCUT2D eigenvalue weighted by Crippen LogP contribution is 2.27. The van der Waals surface area contributed by atoms with Crippen molar-refractivity contribution in [3.8, 4) is 5.75 Å². The minimum absolute atomic E-state index is 0.205. The maximum Gasteiger partial charge on any atom is 0.256 e. The number of pyridine rings is 1. The van der Waals surface area contributed by atoms with Crippen LogP contribution < -0.4 is 10.1 Å². The third kappa shape index (κ3) is 3.99. The number of anilines is 1. The topological polar surface area (TPSA) is 69.0 Å². The van der Waals surface area contributed by atoms with Crippen LogP contribution in [0, 0.1) is 6.92 Å². The van der Waals surface area contributed by atoms with E-state index in [2.05, 4.69) is 48.5 Å². The number of hydrogen-bond donors (Lipinski definition) is 1. The summed E-state index contributed by atoms with van der Waals surface area (Å²) in [4.78, 5) is 17.7. The molecule has 2 aromatic heterocycles. The zero-order chi connectivity index (χ0) is 21.1. The van der Waals surface area contributed by atoms with Crippen molar-refractivity contribution in [3.05, 3.63) is 59.7 Å². The molecule has 0 saturated heterocycles. The van der Waals surface area contributed by atoms with Gasteiger partial charge in [0.15, 0.2) is 11.5 Å². The van der Waals surface area contributed by atoms with Crippen LogP contribution in [-0.4, -0.2) is 27.3 Å². The molecule has 0 radical (unpaired) electrons. The van der Waals surface area contributed by atoms with Gasteiger partial charge in [-0.1, -0.05) is 25.5 Å². The molecule has 1 N–H and O–H groups in total. The van der Waals surface area contributed by atoms with Gasteiger partial charge in [0.2, 0.25) is 0 Å². The number of aromatic nitrogens is 3. The summed E-state index contributed by atoms with van der Waals surface area (Å²) in [6.07, 6.45) is 2.05. The van der Waals surface area contributed by atoms with Crippen molar-refractivity contribution < 1.29 is 9.53 Å². The molecule has 0 spiro atoms. The van der Waals surface area contributed by atoms with Crippen LogP contribution in [-0.2, 0) is 6.54 Å². The van der Waals surface area contributed by atoms with E-state index in [9.17, 15) is 4.79 Å². The van der Waals surface area contributed by atoms with Crippen molar-refractivity contribution in [3.63, 3.8) is 0 Å². The van der Waals surface area contributed by atoms with Crippen LogP contribution in [0.5, 0.6) is 5.75 Å². The molecule has 4 aromatic rings. The number of carbonyl (C=O) groups excluding carboxylic acids is 1. The first-order valence-electron chi connectivity index (χ1n) is 10.4. The van der Waals surface area contributed by atoms with Crippen molar-refractivity contribution in [2.75, 3.05) is 11.9 Å². The Morgan fingerprint density at radius 3 is 2.63 bits per heavy atom. The molecule has 0 bridgehead atoms. The molecule has 0 aliphatic rings. The molecule has 2 heterocycles. The van der Waals surface area contributed by atoms with Crippen LogP contribution in [0.2, 0.25) is 0 Å². The van der Waals surface area contributed by atoms with Crippen LogP contribution in [0.1, 0.15) is 42.6 Å². The quantitative estimate of drug-likeness (QED) is 0.453. The Balaban J connectivity index is 1.71. The predicted octanol–water partition coefficient (Wildman–Crippen LogP) is 5.34. The van der Waals surface area contributed by atoms with Crippen molar-refractivity contribution in [2.45, 2.75) is 40.2 Å². The lowest BCUT2D eigenvalue weighted by Gasteiger charge is -2.05. The molecule has 6 nitrogen and oxygen atoms in total. The van der Waals surface area contributed by atoms with E-state index >= 15 is 0 Å². The number of aryl methyl sites for hydroxylation is 2. The summed E-state index contributed by atoms with van der Waals surface area (Å²) in [6.45, 7) is 7.48. The average Bonchev–Trinajstić information content (AvgIpc) is 3.07. The third-order valence-corrected chi connectivity index (χ3v) is 5.06. The zero-order valence-corrected chi connectivity index (χ0v) is 17.6. The number of fused-ring (bicyclic) bond motifs is 2. The van der Waals surface area contributed by atoms with Gasteiger partial charge in [0, 0.05) is 17.5 Å². The Kier molecular flexibility index (Phi) is 5.65. The fourth-order valence-corrected chi connectivity index (χ4v) is 3.46. The minimum Gasteiger partial charge on any atom is -0.494 e. The van der Waals surface area contributed by atoms with E-state index in [0.29, 0.717) is 18.0 Å². The summed E-state index contributed by atoms with van der Waals surface area (Å²) in [7, 11) is 0. The molecule has 0 aliphatic carbocycles. The maximum atomic E-state index is 12.8. The Morgan fingerprint density at radius 2 is 1.90 bits per heavy atom. The number of ether oxygens (including phenoxy) is 1. The van der Waals surface area contributed by atoms with E-state index in [4.69, 9.17) is 9.72 Å². The molecular weight excluding hydrogens is 376 g/mol. The molecule has 0 aliphatic heterocycles. The second kappa shape index (κ2) is 8.53. The molecule has 6 heteroatoms. The lowest BCUT2D eigenvalue weighted by Crippen LogP contribution is -2.13. The van der Waals surface area contributed by atoms with Crippen LogP contribution in [0.15, 0.2) is 48.5 Å². The molecule has 4 rings (SSSR count). The summed E-state index contributed by atoms with van der Waals surface area (Å²) >= 11 is 0. The van der Waals surface area contributed by atoms with Gasteiger partial charge in [-0.3, -0.25) is 4.79 Å². The van der Waals surface area contributed by atoms with Crippen molar-refractivity contribution in [2.24, 2.45) is 0 Å². The monoisotopic (exact) mass is 402 g/mol. The summed E-state index contributed by atoms with van der Waals surface area (Å²) in [5, 5.41) is 9.53. The Hall–Kier alpha value is -3.41. The summed E-state index contributed by atoms with van der Waals surface area (Å²) < 4.78 is 7.35. The van der Waals surface area contributed by atoms with Crippen LogP contribution in [0.3, 0.4) is 0 Å². The number of rotatable bonds is 7. The summed E-state index contributed by atoms with van der Waals surface area (Å²) in [5.41, 5.74) is 3.45. The number of nitrogens with one attached hydrogen (secondary N) is 1. The van der Waals surface area contributed by atoms with E-state index in [-0.39, 0.29) is 5.91 Å². The number of hydrogen-bond acceptors (Lipinski definition) is 4. The van der Waals surface area contributed by atoms with E-state index in [1.807, 2.05) is 11.6 Å². The first-order chi connectivity index (χ1) is 14.6. The second-order valence-electron chi connectivity index (χ2n) is 7.39. The van der Waals surface area contributed by atoms with Crippen molar-refractivity contribution in [1.29, 1.82) is 0 Å². The summed E-state index contributed by atoms with van der Waals surface area (Å²) in [6, 6.07) is 15.4. The van der Waals surface area contributed by atoms with Gasteiger partial charge in [0.05, 0.1) is 17.5 Å². The van der Waals surface area contributed by atoms with Crippen molar-refractivity contribution >= 4 is 33.7 Å². The summed E-state index contributed by atoms with van der Waals surface area (Å²) in [5.74, 6) is 1.08. The Morgan fingerprint density at radius 1 is 1.10 bits per heavy atom. The Labute approximate surface area is 175 Å². The van der Waals surface area contributed by atoms with Gasteiger partial charge in [0.25, 0.3) is 5.91 Å². The highest BCUT2D eigenvalue weighted by Gasteiger charge is 2.16. The fraction of sp³-hybridized carbons (Fsp3) is 0.292. The van der Waals surface area contributed by atoms with E-state index in [1.165, 1.54) is 0 Å². The Bertz CT molecular complexity index is 1200. The van der Waals surface area contributed by atoms with E-state index < -0.39 is 0 Å². The van der Waals surface area contributed by atoms with E-state index in [0.717, 1.165) is 52.6 Å². The molecule has 0 unspecified atom stereocenters. The first kappa shape index (κ1) is 19.9. The van der Waals surface area contributed by atoms with Gasteiger partial charge >= 0.3 is 0 Å². The molecule has 30 heavy (non-hydrogen) atoms. The van der Waals surface area contributed by atoms with Crippen LogP contribution in [0.25, 0.3) is 21.9 Å². The van der Waals surface area contributed by atoms with Crippen molar-refractivity contribution in [1.82, 2.24) is 14.8 Å². The van der Waals surface area contributed by atoms with E-state index in [1.54, 1.807) is 24.3 Å². The highest BCUT2D eigenvalue weighted by molar-refractivity contribution is 6.08. The molecule has 0 atom stereocenters. The van der Waals surface area contributed by atoms with Gasteiger partial charge < -0.3 is 10.1 Å². The highest BCUT2D eigenvalue weighted by atomic mass is 16.5. The first-order valence-corrected chi connectivity index (χ1v) is 10.4. The average molecular weight is 402 g/mol. The van der Waals surface area contributed by atoms with Crippen LogP contribution in [0.4, 0.5) is 5.82 Å². The number of nitrogens with zero attached hydrogens (tertiary/aromatic N) is 3. The molecule has 0 saturated carbocycles. The molecule has 154 valence electrons. The largest absolute Gasteiger partial charge is 0.494 e. The smallest absolute Gasteiger partial charge is 0.256 e. The normalized spacial score (nSPS) is 11.2. The molecule has 2 aromatic carbocycles. The lowest BCUT2D eigenvalue weighted by atomic mass is 10.1. The maximum absolute atomic E-state index is 12.8. The lowest BCUT2D eigenvalue weighted by molar-refractivity contribution is 0.102. The second-order valence-corrected chi connectivity index (χ2v) is 7.39. The molecular formula is C24H26N4O2. The van der Waals surface area contributed by atoms with Gasteiger partial charge in [-0.25, -0.2) is 9.67 Å². The zero-order valence-electron chi connectivity index (χ0n) is 17.6. The van der Waals surface area contributed by atoms with Gasteiger partial charge in [0.1, 0.15) is 5.75 Å². The van der Waals surface area contributed by atoms with Gasteiger partial charge in [-0.05, 0) is 62.2 Å². The van der Waals surface area contributed by atoms with Gasteiger partial charge in [-0.15, -0.1) is 0 Å². The van der Waals surface area contributed by atoms with Gasteiger partial charge in [-0.2, -0.15) is 5.10 Å². The third-order valence-electron chi connectivity index (χ3n) is 5.06. The molecule has 0 fully saturated rings.